The van der Waals surface area contributed by atoms with Crippen LogP contribution in [0, 0.1) is 0 Å². The first-order valence-corrected chi connectivity index (χ1v) is 6.44. The van der Waals surface area contributed by atoms with E-state index in [0.717, 1.165) is 25.0 Å². The number of hydrogen-bond donors (Lipinski definition) is 1. The second-order valence-electron chi connectivity index (χ2n) is 5.17. The van der Waals surface area contributed by atoms with E-state index in [4.69, 9.17) is 10.5 Å². The van der Waals surface area contributed by atoms with E-state index in [2.05, 4.69) is 0 Å². The first-order valence-electron chi connectivity index (χ1n) is 6.44. The van der Waals surface area contributed by atoms with E-state index in [1.54, 1.807) is 0 Å². The van der Waals surface area contributed by atoms with Crippen molar-refractivity contribution in [2.45, 2.75) is 31.0 Å². The van der Waals surface area contributed by atoms with Gasteiger partial charge in [0.05, 0.1) is 0 Å². The fraction of sp³-hybridized carbons (Fsp3) is 0.500. The molecule has 0 bridgehead atoms. The molecule has 18 heavy (non-hydrogen) atoms. The van der Waals surface area contributed by atoms with Crippen molar-refractivity contribution in [1.82, 2.24) is 4.90 Å². The monoisotopic (exact) mass is 246 g/mol. The Labute approximate surface area is 107 Å². The molecule has 4 nitrogen and oxygen atoms in total. The van der Waals surface area contributed by atoms with Crippen molar-refractivity contribution >= 4 is 5.91 Å². The van der Waals surface area contributed by atoms with Crippen LogP contribution in [0.25, 0.3) is 0 Å². The number of carbonyl (C=O) groups excluding carboxylic acids is 1. The Bertz CT molecular complexity index is 448. The topological polar surface area (TPSA) is 55.6 Å². The highest BCUT2D eigenvalue weighted by Gasteiger charge is 2.53. The van der Waals surface area contributed by atoms with Crippen molar-refractivity contribution in [3.63, 3.8) is 0 Å². The molecule has 96 valence electrons. The highest BCUT2D eigenvalue weighted by Crippen LogP contribution is 2.32. The molecule has 2 N–H and O–H groups in total. The highest BCUT2D eigenvalue weighted by molar-refractivity contribution is 5.89. The average Bonchev–Trinajstić information content (AvgIpc) is 2.64. The van der Waals surface area contributed by atoms with E-state index < -0.39 is 5.54 Å². The van der Waals surface area contributed by atoms with Gasteiger partial charge in [0.1, 0.15) is 11.6 Å². The third-order valence-corrected chi connectivity index (χ3v) is 3.92. The lowest BCUT2D eigenvalue weighted by molar-refractivity contribution is -0.135. The number of nitrogens with zero attached hydrogens (tertiary/aromatic N) is 1. The summed E-state index contributed by atoms with van der Waals surface area (Å²) in [4.78, 5) is 14.2. The molecule has 0 aliphatic carbocycles. The molecule has 2 fully saturated rings. The Hall–Kier alpha value is -1.39. The predicted molar refractivity (Wildman–Crippen MR) is 67.8 cm³/mol. The highest BCUT2D eigenvalue weighted by atomic mass is 16.5. The maximum absolute atomic E-state index is 12.4. The zero-order valence-electron chi connectivity index (χ0n) is 10.3. The first kappa shape index (κ1) is 11.7. The number of carbonyl (C=O) groups is 1. The molecule has 2 heterocycles. The standard InChI is InChI=1S/C14H18N2O2/c15-14-7-4-8-18-12(14)10-16(13(14)17)9-11-5-2-1-3-6-11/h1-3,5-6,12H,4,7-10,15H2. The van der Waals surface area contributed by atoms with Crippen LogP contribution in [0.1, 0.15) is 18.4 Å². The second kappa shape index (κ2) is 4.37. The van der Waals surface area contributed by atoms with Crippen molar-refractivity contribution in [3.05, 3.63) is 35.9 Å². The molecule has 0 saturated carbocycles. The van der Waals surface area contributed by atoms with E-state index in [0.29, 0.717) is 13.1 Å². The van der Waals surface area contributed by atoms with Crippen molar-refractivity contribution in [2.24, 2.45) is 5.73 Å². The summed E-state index contributed by atoms with van der Waals surface area (Å²) < 4.78 is 5.66. The van der Waals surface area contributed by atoms with Gasteiger partial charge in [0.15, 0.2) is 0 Å². The number of hydrogen-bond acceptors (Lipinski definition) is 3. The average molecular weight is 246 g/mol. The van der Waals surface area contributed by atoms with Crippen molar-refractivity contribution < 1.29 is 9.53 Å². The van der Waals surface area contributed by atoms with Crippen LogP contribution in [0.15, 0.2) is 30.3 Å². The van der Waals surface area contributed by atoms with E-state index >= 15 is 0 Å². The lowest BCUT2D eigenvalue weighted by atomic mass is 9.88. The van der Waals surface area contributed by atoms with Gasteiger partial charge in [0.2, 0.25) is 5.91 Å². The van der Waals surface area contributed by atoms with Gasteiger partial charge in [-0.3, -0.25) is 4.79 Å². The molecule has 0 aromatic heterocycles. The van der Waals surface area contributed by atoms with Gasteiger partial charge in [-0.15, -0.1) is 0 Å². The number of nitrogens with two attached hydrogens (primary N) is 1. The number of ether oxygens (including phenoxy) is 1. The summed E-state index contributed by atoms with van der Waals surface area (Å²) >= 11 is 0. The van der Waals surface area contributed by atoms with Crippen LogP contribution in [-0.2, 0) is 16.1 Å². The number of rotatable bonds is 2. The van der Waals surface area contributed by atoms with Crippen LogP contribution in [0.5, 0.6) is 0 Å². The number of benzene rings is 1. The van der Waals surface area contributed by atoms with Crippen LogP contribution in [0.4, 0.5) is 0 Å². The lowest BCUT2D eigenvalue weighted by Crippen LogP contribution is -2.57. The Balaban J connectivity index is 1.77. The molecule has 2 aliphatic heterocycles. The fourth-order valence-electron chi connectivity index (χ4n) is 2.88. The van der Waals surface area contributed by atoms with Crippen LogP contribution >= 0.6 is 0 Å². The number of likely N-dealkylation sites (tertiary alicyclic amines) is 1. The molecular formula is C14H18N2O2. The molecule has 2 atom stereocenters. The summed E-state index contributed by atoms with van der Waals surface area (Å²) in [6.07, 6.45) is 1.47. The van der Waals surface area contributed by atoms with E-state index in [9.17, 15) is 4.79 Å². The summed E-state index contributed by atoms with van der Waals surface area (Å²) in [5, 5.41) is 0. The molecule has 3 rings (SSSR count). The van der Waals surface area contributed by atoms with E-state index in [-0.39, 0.29) is 12.0 Å². The van der Waals surface area contributed by atoms with Crippen LogP contribution in [0.3, 0.4) is 0 Å². The molecule has 1 amide bonds. The quantitative estimate of drug-likeness (QED) is 0.843. The van der Waals surface area contributed by atoms with Gasteiger partial charge in [-0.25, -0.2) is 0 Å². The minimum Gasteiger partial charge on any atom is -0.374 e. The molecule has 1 aromatic rings. The van der Waals surface area contributed by atoms with Crippen LogP contribution in [0.2, 0.25) is 0 Å². The second-order valence-corrected chi connectivity index (χ2v) is 5.17. The van der Waals surface area contributed by atoms with Crippen molar-refractivity contribution in [2.75, 3.05) is 13.2 Å². The third kappa shape index (κ3) is 1.82. The minimum atomic E-state index is -0.785. The number of amides is 1. The Kier molecular flexibility index (Phi) is 2.84. The molecule has 0 spiro atoms. The molecule has 2 saturated heterocycles. The van der Waals surface area contributed by atoms with Gasteiger partial charge < -0.3 is 15.4 Å². The third-order valence-electron chi connectivity index (χ3n) is 3.92. The summed E-state index contributed by atoms with van der Waals surface area (Å²) in [6.45, 7) is 1.96. The Morgan fingerprint density at radius 3 is 2.89 bits per heavy atom. The van der Waals surface area contributed by atoms with Crippen LogP contribution in [-0.4, -0.2) is 35.6 Å². The Morgan fingerprint density at radius 2 is 2.17 bits per heavy atom. The molecule has 4 heteroatoms. The molecule has 2 aliphatic rings. The maximum Gasteiger partial charge on any atom is 0.245 e. The molecule has 2 unspecified atom stereocenters. The summed E-state index contributed by atoms with van der Waals surface area (Å²) in [7, 11) is 0. The fourth-order valence-corrected chi connectivity index (χ4v) is 2.88. The van der Waals surface area contributed by atoms with Crippen molar-refractivity contribution in [3.8, 4) is 0 Å². The molecule has 0 radical (unpaired) electrons. The van der Waals surface area contributed by atoms with Crippen LogP contribution < -0.4 is 5.73 Å². The lowest BCUT2D eigenvalue weighted by Gasteiger charge is -2.32. The zero-order valence-corrected chi connectivity index (χ0v) is 10.3. The minimum absolute atomic E-state index is 0.0380. The Morgan fingerprint density at radius 1 is 1.39 bits per heavy atom. The summed E-state index contributed by atoms with van der Waals surface area (Å²) in [5.41, 5.74) is 6.58. The van der Waals surface area contributed by atoms with Gasteiger partial charge in [0, 0.05) is 19.7 Å². The zero-order chi connectivity index (χ0) is 12.6. The van der Waals surface area contributed by atoms with Crippen molar-refractivity contribution in [1.29, 1.82) is 0 Å². The largest absolute Gasteiger partial charge is 0.374 e. The molecule has 1 aromatic carbocycles. The van der Waals surface area contributed by atoms with Gasteiger partial charge in [-0.1, -0.05) is 30.3 Å². The molecular weight excluding hydrogens is 228 g/mol. The first-order chi connectivity index (χ1) is 8.70. The van der Waals surface area contributed by atoms with E-state index in [1.807, 2.05) is 35.2 Å². The summed E-state index contributed by atoms with van der Waals surface area (Å²) in [6, 6.07) is 10.00. The van der Waals surface area contributed by atoms with Gasteiger partial charge in [-0.05, 0) is 18.4 Å². The predicted octanol–water partition coefficient (Wildman–Crippen LogP) is 0.905. The van der Waals surface area contributed by atoms with Gasteiger partial charge in [-0.2, -0.15) is 0 Å². The smallest absolute Gasteiger partial charge is 0.245 e. The number of fused-ring (bicyclic) bond motifs is 1. The van der Waals surface area contributed by atoms with E-state index in [1.165, 1.54) is 0 Å². The maximum atomic E-state index is 12.4. The summed E-state index contributed by atoms with van der Waals surface area (Å²) in [5.74, 6) is 0.0380. The SMILES string of the molecule is NC12CCCOC1CN(Cc1ccccc1)C2=O. The van der Waals surface area contributed by atoms with Gasteiger partial charge >= 0.3 is 0 Å². The normalized spacial score (nSPS) is 31.5. The van der Waals surface area contributed by atoms with Gasteiger partial charge in [0.25, 0.3) is 0 Å².